The van der Waals surface area contributed by atoms with Crippen LogP contribution in [0.5, 0.6) is 0 Å². The summed E-state index contributed by atoms with van der Waals surface area (Å²) >= 11 is 3.50. The molecule has 0 atom stereocenters. The van der Waals surface area contributed by atoms with E-state index in [0.717, 1.165) is 29.5 Å². The fourth-order valence-corrected chi connectivity index (χ4v) is 2.10. The van der Waals surface area contributed by atoms with Crippen molar-refractivity contribution in [3.63, 3.8) is 0 Å². The summed E-state index contributed by atoms with van der Waals surface area (Å²) in [7, 11) is 1.98. The third-order valence-electron chi connectivity index (χ3n) is 2.87. The molecule has 0 amide bonds. The van der Waals surface area contributed by atoms with E-state index in [4.69, 9.17) is 0 Å². The second-order valence-electron chi connectivity index (χ2n) is 4.52. The van der Waals surface area contributed by atoms with E-state index in [9.17, 15) is 0 Å². The number of halogens is 1. The zero-order chi connectivity index (χ0) is 14.4. The third-order valence-corrected chi connectivity index (χ3v) is 3.56. The molecule has 2 rings (SSSR count). The van der Waals surface area contributed by atoms with Gasteiger partial charge in [0.05, 0.1) is 11.9 Å². The quantitative estimate of drug-likeness (QED) is 0.873. The minimum absolute atomic E-state index is 0.635. The SMILES string of the molecule is CCCCN(C)c1nncc(Nc2ccccc2Br)n1. The van der Waals surface area contributed by atoms with Crippen LogP contribution in [0.1, 0.15) is 19.8 Å². The second kappa shape index (κ2) is 7.19. The van der Waals surface area contributed by atoms with Crippen LogP contribution in [0.25, 0.3) is 0 Å². The van der Waals surface area contributed by atoms with E-state index in [1.165, 1.54) is 0 Å². The lowest BCUT2D eigenvalue weighted by atomic mass is 10.3. The molecule has 0 saturated carbocycles. The summed E-state index contributed by atoms with van der Waals surface area (Å²) in [6.07, 6.45) is 3.88. The zero-order valence-electron chi connectivity index (χ0n) is 11.7. The highest BCUT2D eigenvalue weighted by atomic mass is 79.9. The fraction of sp³-hybridized carbons (Fsp3) is 0.357. The van der Waals surface area contributed by atoms with Gasteiger partial charge in [0.2, 0.25) is 5.95 Å². The van der Waals surface area contributed by atoms with E-state index < -0.39 is 0 Å². The van der Waals surface area contributed by atoms with Crippen molar-refractivity contribution >= 4 is 33.4 Å². The van der Waals surface area contributed by atoms with Gasteiger partial charge in [-0.15, -0.1) is 5.10 Å². The van der Waals surface area contributed by atoms with Gasteiger partial charge in [-0.25, -0.2) is 0 Å². The normalized spacial score (nSPS) is 10.3. The molecule has 106 valence electrons. The van der Waals surface area contributed by atoms with Gasteiger partial charge in [0.1, 0.15) is 0 Å². The smallest absolute Gasteiger partial charge is 0.247 e. The predicted molar refractivity (Wildman–Crippen MR) is 85.4 cm³/mol. The Bertz CT molecular complexity index is 561. The largest absolute Gasteiger partial charge is 0.343 e. The van der Waals surface area contributed by atoms with Gasteiger partial charge < -0.3 is 10.2 Å². The van der Waals surface area contributed by atoms with Crippen LogP contribution in [0.2, 0.25) is 0 Å². The number of anilines is 3. The number of hydrogen-bond donors (Lipinski definition) is 1. The molecule has 0 aliphatic heterocycles. The minimum atomic E-state index is 0.635. The first kappa shape index (κ1) is 14.7. The van der Waals surface area contributed by atoms with Crippen LogP contribution in [-0.2, 0) is 0 Å². The second-order valence-corrected chi connectivity index (χ2v) is 5.38. The molecular weight excluding hydrogens is 318 g/mol. The maximum absolute atomic E-state index is 4.48. The van der Waals surface area contributed by atoms with Crippen LogP contribution in [-0.4, -0.2) is 28.8 Å². The van der Waals surface area contributed by atoms with Gasteiger partial charge in [0, 0.05) is 18.1 Å². The molecule has 0 fully saturated rings. The van der Waals surface area contributed by atoms with Gasteiger partial charge >= 0.3 is 0 Å². The topological polar surface area (TPSA) is 53.9 Å². The molecule has 0 spiro atoms. The van der Waals surface area contributed by atoms with Gasteiger partial charge in [-0.05, 0) is 34.5 Å². The van der Waals surface area contributed by atoms with Gasteiger partial charge in [-0.3, -0.25) is 0 Å². The van der Waals surface area contributed by atoms with Crippen molar-refractivity contribution in [3.05, 3.63) is 34.9 Å². The molecule has 1 N–H and O–H groups in total. The highest BCUT2D eigenvalue weighted by molar-refractivity contribution is 9.10. The molecule has 2 aromatic rings. The summed E-state index contributed by atoms with van der Waals surface area (Å²) < 4.78 is 0.986. The average molecular weight is 336 g/mol. The van der Waals surface area contributed by atoms with Gasteiger partial charge in [-0.2, -0.15) is 10.1 Å². The molecule has 0 bridgehead atoms. The highest BCUT2D eigenvalue weighted by Crippen LogP contribution is 2.24. The molecule has 1 aromatic heterocycles. The van der Waals surface area contributed by atoms with E-state index in [1.807, 2.05) is 36.2 Å². The molecule has 5 nitrogen and oxygen atoms in total. The predicted octanol–water partition coefficient (Wildman–Crippen LogP) is 3.61. The number of benzene rings is 1. The summed E-state index contributed by atoms with van der Waals surface area (Å²) in [5.41, 5.74) is 0.954. The molecule has 0 unspecified atom stereocenters. The highest BCUT2D eigenvalue weighted by Gasteiger charge is 2.07. The monoisotopic (exact) mass is 335 g/mol. The van der Waals surface area contributed by atoms with Crippen molar-refractivity contribution in [1.29, 1.82) is 0 Å². The molecule has 1 heterocycles. The van der Waals surface area contributed by atoms with Crippen molar-refractivity contribution < 1.29 is 0 Å². The molecule has 0 saturated heterocycles. The van der Waals surface area contributed by atoms with Crippen LogP contribution in [0.4, 0.5) is 17.5 Å². The lowest BCUT2D eigenvalue weighted by molar-refractivity contribution is 0.741. The molecular formula is C14H18BrN5. The maximum atomic E-state index is 4.48. The van der Waals surface area contributed by atoms with Crippen LogP contribution >= 0.6 is 15.9 Å². The minimum Gasteiger partial charge on any atom is -0.343 e. The fourth-order valence-electron chi connectivity index (χ4n) is 1.71. The number of nitrogens with zero attached hydrogens (tertiary/aromatic N) is 4. The first-order valence-electron chi connectivity index (χ1n) is 6.63. The van der Waals surface area contributed by atoms with Crippen LogP contribution < -0.4 is 10.2 Å². The lowest BCUT2D eigenvalue weighted by Crippen LogP contribution is -2.21. The van der Waals surface area contributed by atoms with E-state index in [-0.39, 0.29) is 0 Å². The molecule has 0 radical (unpaired) electrons. The van der Waals surface area contributed by atoms with E-state index >= 15 is 0 Å². The Balaban J connectivity index is 2.12. The Kier molecular flexibility index (Phi) is 5.29. The van der Waals surface area contributed by atoms with Gasteiger partial charge in [0.15, 0.2) is 5.82 Å². The standard InChI is InChI=1S/C14H18BrN5/c1-3-4-9-20(2)14-18-13(10-16-19-14)17-12-8-6-5-7-11(12)15/h5-8,10H,3-4,9H2,1-2H3,(H,17,18,19). The number of rotatable bonds is 6. The molecule has 1 aromatic carbocycles. The summed E-state index contributed by atoms with van der Waals surface area (Å²) in [5, 5.41) is 11.3. The Morgan fingerprint density at radius 2 is 2.10 bits per heavy atom. The number of aromatic nitrogens is 3. The van der Waals surface area contributed by atoms with E-state index in [0.29, 0.717) is 11.8 Å². The molecule has 0 aliphatic rings. The summed E-state index contributed by atoms with van der Waals surface area (Å²) in [6.45, 7) is 3.09. The summed E-state index contributed by atoms with van der Waals surface area (Å²) in [4.78, 5) is 6.50. The third kappa shape index (κ3) is 3.90. The first-order chi connectivity index (χ1) is 9.70. The lowest BCUT2D eigenvalue weighted by Gasteiger charge is -2.16. The molecule has 0 aliphatic carbocycles. The number of hydrogen-bond acceptors (Lipinski definition) is 5. The number of nitrogens with one attached hydrogen (secondary N) is 1. The Labute approximate surface area is 127 Å². The van der Waals surface area contributed by atoms with Crippen molar-refractivity contribution in [3.8, 4) is 0 Å². The Hall–Kier alpha value is -1.69. The van der Waals surface area contributed by atoms with Crippen molar-refractivity contribution in [2.24, 2.45) is 0 Å². The van der Waals surface area contributed by atoms with Crippen LogP contribution in [0, 0.1) is 0 Å². The number of para-hydroxylation sites is 1. The zero-order valence-corrected chi connectivity index (χ0v) is 13.3. The van der Waals surface area contributed by atoms with Gasteiger partial charge in [0.25, 0.3) is 0 Å². The number of unbranched alkanes of at least 4 members (excludes halogenated alkanes) is 1. The molecule has 20 heavy (non-hydrogen) atoms. The Morgan fingerprint density at radius 1 is 1.30 bits per heavy atom. The summed E-state index contributed by atoms with van der Waals surface area (Å²) in [6, 6.07) is 7.89. The van der Waals surface area contributed by atoms with Crippen molar-refractivity contribution in [2.75, 3.05) is 23.8 Å². The van der Waals surface area contributed by atoms with Crippen molar-refractivity contribution in [1.82, 2.24) is 15.2 Å². The molecule has 6 heteroatoms. The van der Waals surface area contributed by atoms with Gasteiger partial charge in [-0.1, -0.05) is 25.5 Å². The Morgan fingerprint density at radius 3 is 2.85 bits per heavy atom. The van der Waals surface area contributed by atoms with Crippen LogP contribution in [0.3, 0.4) is 0 Å². The van der Waals surface area contributed by atoms with Crippen molar-refractivity contribution in [2.45, 2.75) is 19.8 Å². The van der Waals surface area contributed by atoms with E-state index in [2.05, 4.69) is 43.4 Å². The average Bonchev–Trinajstić information content (AvgIpc) is 2.47. The summed E-state index contributed by atoms with van der Waals surface area (Å²) in [5.74, 6) is 1.32. The van der Waals surface area contributed by atoms with E-state index in [1.54, 1.807) is 6.20 Å². The maximum Gasteiger partial charge on any atom is 0.247 e. The first-order valence-corrected chi connectivity index (χ1v) is 7.42. The van der Waals surface area contributed by atoms with Crippen LogP contribution in [0.15, 0.2) is 34.9 Å².